The van der Waals surface area contributed by atoms with E-state index in [9.17, 15) is 14.4 Å². The molecule has 170 valence electrons. The summed E-state index contributed by atoms with van der Waals surface area (Å²) < 4.78 is 1.04. The predicted molar refractivity (Wildman–Crippen MR) is 129 cm³/mol. The van der Waals surface area contributed by atoms with Gasteiger partial charge in [-0.1, -0.05) is 23.4 Å². The summed E-state index contributed by atoms with van der Waals surface area (Å²) in [6.07, 6.45) is 2.83. The Bertz CT molecular complexity index is 1510. The summed E-state index contributed by atoms with van der Waals surface area (Å²) in [6, 6.07) is 12.9. The van der Waals surface area contributed by atoms with Crippen LogP contribution in [0.1, 0.15) is 18.4 Å². The summed E-state index contributed by atoms with van der Waals surface area (Å²) in [7, 11) is 0. The van der Waals surface area contributed by atoms with Gasteiger partial charge in [-0.15, -0.1) is 16.4 Å². The fourth-order valence-electron chi connectivity index (χ4n) is 4.23. The highest BCUT2D eigenvalue weighted by Crippen LogP contribution is 2.38. The van der Waals surface area contributed by atoms with Gasteiger partial charge in [0.15, 0.2) is 5.13 Å². The molecule has 0 unspecified atom stereocenters. The van der Waals surface area contributed by atoms with Crippen LogP contribution in [-0.2, 0) is 22.6 Å². The van der Waals surface area contributed by atoms with Gasteiger partial charge in [-0.2, -0.15) is 0 Å². The molecule has 6 rings (SSSR count). The maximum Gasteiger partial charge on any atom is 0.278 e. The highest BCUT2D eigenvalue weighted by molar-refractivity contribution is 7.14. The Hall–Kier alpha value is -3.92. The van der Waals surface area contributed by atoms with Crippen molar-refractivity contribution in [3.05, 3.63) is 63.8 Å². The van der Waals surface area contributed by atoms with Crippen molar-refractivity contribution in [1.82, 2.24) is 20.0 Å². The van der Waals surface area contributed by atoms with E-state index in [1.807, 2.05) is 22.4 Å². The van der Waals surface area contributed by atoms with E-state index < -0.39 is 5.91 Å². The first-order valence-corrected chi connectivity index (χ1v) is 12.0. The Morgan fingerprint density at radius 2 is 2.00 bits per heavy atom. The number of carbonyl (C=O) groups is 2. The first-order chi connectivity index (χ1) is 16.6. The number of nitrogens with zero attached hydrogens (tertiary/aromatic N) is 5. The molecule has 0 atom stereocenters. The van der Waals surface area contributed by atoms with E-state index in [2.05, 4.69) is 26.7 Å². The van der Waals surface area contributed by atoms with E-state index in [0.29, 0.717) is 16.0 Å². The molecule has 2 aliphatic rings. The number of thiazole rings is 1. The fourth-order valence-corrected chi connectivity index (χ4v) is 4.96. The number of fused-ring (bicyclic) bond motifs is 2. The van der Waals surface area contributed by atoms with E-state index >= 15 is 0 Å². The van der Waals surface area contributed by atoms with Gasteiger partial charge in [0.05, 0.1) is 11.1 Å². The molecule has 2 aromatic heterocycles. The van der Waals surface area contributed by atoms with Crippen molar-refractivity contribution in [1.29, 1.82) is 0 Å². The molecule has 2 aromatic carbocycles. The third kappa shape index (κ3) is 3.75. The Morgan fingerprint density at radius 3 is 2.85 bits per heavy atom. The van der Waals surface area contributed by atoms with Gasteiger partial charge < -0.3 is 10.2 Å². The monoisotopic (exact) mass is 472 g/mol. The number of aromatic nitrogens is 4. The molecule has 3 heterocycles. The smallest absolute Gasteiger partial charge is 0.278 e. The highest BCUT2D eigenvalue weighted by Gasteiger charge is 2.36. The largest absolute Gasteiger partial charge is 0.312 e. The average Bonchev–Trinajstić information content (AvgIpc) is 3.46. The van der Waals surface area contributed by atoms with Crippen molar-refractivity contribution in [2.24, 2.45) is 5.92 Å². The zero-order valence-corrected chi connectivity index (χ0v) is 18.9. The number of rotatable bonds is 5. The fraction of sp³-hybridized carbons (Fsp3) is 0.250. The molecule has 4 aromatic rings. The van der Waals surface area contributed by atoms with Crippen LogP contribution in [0.5, 0.6) is 0 Å². The third-order valence-electron chi connectivity index (χ3n) is 6.14. The number of hydrogen-bond donors (Lipinski definition) is 1. The molecule has 2 amide bonds. The van der Waals surface area contributed by atoms with Gasteiger partial charge in [0, 0.05) is 29.1 Å². The normalized spacial score (nSPS) is 14.9. The van der Waals surface area contributed by atoms with Crippen LogP contribution in [0.25, 0.3) is 22.2 Å². The molecule has 1 aliphatic heterocycles. The van der Waals surface area contributed by atoms with Gasteiger partial charge in [0.1, 0.15) is 12.1 Å². The van der Waals surface area contributed by atoms with Gasteiger partial charge in [-0.3, -0.25) is 14.4 Å². The molecule has 34 heavy (non-hydrogen) atoms. The first kappa shape index (κ1) is 20.7. The van der Waals surface area contributed by atoms with Crippen molar-refractivity contribution in [3.8, 4) is 11.3 Å². The first-order valence-electron chi connectivity index (χ1n) is 11.1. The second kappa shape index (κ2) is 8.14. The number of carbonyl (C=O) groups excluding carboxylic acids is 2. The van der Waals surface area contributed by atoms with Crippen molar-refractivity contribution >= 4 is 44.9 Å². The lowest BCUT2D eigenvalue weighted by atomic mass is 10.1. The van der Waals surface area contributed by atoms with Gasteiger partial charge in [-0.05, 0) is 49.1 Å². The number of hydrogen-bond acceptors (Lipinski definition) is 7. The maximum atomic E-state index is 12.5. The van der Waals surface area contributed by atoms with Gasteiger partial charge in [0.2, 0.25) is 11.8 Å². The minimum Gasteiger partial charge on any atom is -0.312 e. The van der Waals surface area contributed by atoms with Crippen LogP contribution in [0, 0.1) is 5.92 Å². The van der Waals surface area contributed by atoms with Crippen molar-refractivity contribution in [2.45, 2.75) is 25.8 Å². The lowest BCUT2D eigenvalue weighted by Crippen LogP contribution is -2.30. The molecule has 0 radical (unpaired) electrons. The van der Waals surface area contributed by atoms with Crippen molar-refractivity contribution in [2.75, 3.05) is 16.8 Å². The minimum atomic E-state index is -0.407. The molecule has 0 saturated heterocycles. The lowest BCUT2D eigenvalue weighted by molar-refractivity contribution is -0.119. The zero-order chi connectivity index (χ0) is 23.2. The molecule has 1 saturated carbocycles. The van der Waals surface area contributed by atoms with Crippen LogP contribution in [-0.4, -0.2) is 38.3 Å². The molecular weight excluding hydrogens is 452 g/mol. The Balaban J connectivity index is 1.16. The number of benzene rings is 2. The van der Waals surface area contributed by atoms with Gasteiger partial charge >= 0.3 is 0 Å². The number of nitrogens with one attached hydrogen (secondary N) is 1. The van der Waals surface area contributed by atoms with Crippen LogP contribution in [0.3, 0.4) is 0 Å². The van der Waals surface area contributed by atoms with Crippen LogP contribution >= 0.6 is 11.3 Å². The van der Waals surface area contributed by atoms with E-state index in [1.54, 1.807) is 24.3 Å². The topological polar surface area (TPSA) is 110 Å². The van der Waals surface area contributed by atoms with Crippen molar-refractivity contribution in [3.63, 3.8) is 0 Å². The Morgan fingerprint density at radius 1 is 1.15 bits per heavy atom. The number of anilines is 2. The second-order valence-electron chi connectivity index (χ2n) is 8.51. The summed E-state index contributed by atoms with van der Waals surface area (Å²) in [4.78, 5) is 44.0. The van der Waals surface area contributed by atoms with Crippen LogP contribution < -0.4 is 15.8 Å². The Kier molecular flexibility index (Phi) is 4.95. The second-order valence-corrected chi connectivity index (χ2v) is 9.37. The van der Waals surface area contributed by atoms with Crippen molar-refractivity contribution < 1.29 is 9.59 Å². The molecule has 0 spiro atoms. The summed E-state index contributed by atoms with van der Waals surface area (Å²) >= 11 is 1.31. The maximum absolute atomic E-state index is 12.5. The minimum absolute atomic E-state index is 0.201. The number of amides is 2. The molecule has 0 bridgehead atoms. The standard InChI is InChI=1S/C24H20N6O3S/c31-21(12-30-23(33)17-3-1-2-4-18(17)27-28-30)26-24-25-19(13-34-24)15-7-8-20-16(11-15)9-10-29(20)22(32)14-5-6-14/h1-4,7-8,11,13-14H,5-6,9-10,12H2,(H,25,26,31). The quantitative estimate of drug-likeness (QED) is 0.478. The van der Waals surface area contributed by atoms with Crippen LogP contribution in [0.4, 0.5) is 10.8 Å². The molecular formula is C24H20N6O3S. The van der Waals surface area contributed by atoms with E-state index in [-0.39, 0.29) is 23.9 Å². The van der Waals surface area contributed by atoms with E-state index in [0.717, 1.165) is 53.0 Å². The summed E-state index contributed by atoms with van der Waals surface area (Å²) in [5.41, 5.74) is 3.94. The molecule has 9 nitrogen and oxygen atoms in total. The summed E-state index contributed by atoms with van der Waals surface area (Å²) in [5.74, 6) is 0.0305. The zero-order valence-electron chi connectivity index (χ0n) is 18.1. The van der Waals surface area contributed by atoms with Gasteiger partial charge in [-0.25, -0.2) is 9.67 Å². The molecule has 1 aliphatic carbocycles. The van der Waals surface area contributed by atoms with E-state index in [1.165, 1.54) is 11.3 Å². The van der Waals surface area contributed by atoms with Crippen LogP contribution in [0.15, 0.2) is 52.6 Å². The van der Waals surface area contributed by atoms with Crippen LogP contribution in [0.2, 0.25) is 0 Å². The lowest BCUT2D eigenvalue weighted by Gasteiger charge is -2.17. The SMILES string of the molecule is O=C(Cn1nnc2ccccc2c1=O)Nc1nc(-c2ccc3c(c2)CCN3C(=O)C2CC2)cs1. The summed E-state index contributed by atoms with van der Waals surface area (Å²) in [6.45, 7) is 0.471. The molecule has 1 N–H and O–H groups in total. The Labute approximate surface area is 198 Å². The van der Waals surface area contributed by atoms with Gasteiger partial charge in [0.25, 0.3) is 5.56 Å². The third-order valence-corrected chi connectivity index (χ3v) is 6.89. The highest BCUT2D eigenvalue weighted by atomic mass is 32.1. The molecule has 1 fully saturated rings. The van der Waals surface area contributed by atoms with E-state index in [4.69, 9.17) is 0 Å². The summed E-state index contributed by atoms with van der Waals surface area (Å²) in [5, 5.41) is 13.3. The average molecular weight is 473 g/mol. The molecule has 10 heteroatoms. The predicted octanol–water partition coefficient (Wildman–Crippen LogP) is 2.85.